The predicted octanol–water partition coefficient (Wildman–Crippen LogP) is 2.94. The van der Waals surface area contributed by atoms with E-state index in [0.717, 1.165) is 0 Å². The first-order chi connectivity index (χ1) is 11.4. The van der Waals surface area contributed by atoms with Gasteiger partial charge < -0.3 is 15.4 Å². The van der Waals surface area contributed by atoms with Crippen molar-refractivity contribution in [2.24, 2.45) is 4.99 Å². The molecule has 24 heavy (non-hydrogen) atoms. The van der Waals surface area contributed by atoms with Crippen molar-refractivity contribution in [3.05, 3.63) is 28.2 Å². The van der Waals surface area contributed by atoms with Crippen LogP contribution >= 0.6 is 35.0 Å². The van der Waals surface area contributed by atoms with Crippen molar-refractivity contribution >= 4 is 57.6 Å². The largest absolute Gasteiger partial charge is 0.382 e. The molecule has 1 aromatic rings. The molecule has 2 N–H and O–H groups in total. The van der Waals surface area contributed by atoms with Crippen molar-refractivity contribution in [1.29, 1.82) is 0 Å². The Balaban J connectivity index is 1.95. The summed E-state index contributed by atoms with van der Waals surface area (Å²) in [6.07, 6.45) is 0.0109. The number of benzene rings is 1. The topological polar surface area (TPSA) is 79.8 Å². The highest BCUT2D eigenvalue weighted by molar-refractivity contribution is 8.15. The van der Waals surface area contributed by atoms with Crippen LogP contribution in [0.15, 0.2) is 23.2 Å². The number of aliphatic imine (C=N–C) groups is 1. The molecule has 0 aromatic heterocycles. The summed E-state index contributed by atoms with van der Waals surface area (Å²) >= 11 is 13.2. The van der Waals surface area contributed by atoms with Crippen molar-refractivity contribution in [3.63, 3.8) is 0 Å². The third-order valence-electron chi connectivity index (χ3n) is 3.12. The van der Waals surface area contributed by atoms with Gasteiger partial charge in [-0.3, -0.25) is 14.6 Å². The number of thioether (sulfide) groups is 1. The molecule has 0 aliphatic carbocycles. The Morgan fingerprint density at radius 2 is 2.25 bits per heavy atom. The summed E-state index contributed by atoms with van der Waals surface area (Å²) in [6.45, 7) is 2.34. The monoisotopic (exact) mass is 389 g/mol. The number of halogens is 2. The fourth-order valence-corrected chi connectivity index (χ4v) is 3.47. The number of nitrogens with zero attached hydrogens (tertiary/aromatic N) is 1. The van der Waals surface area contributed by atoms with Gasteiger partial charge in [-0.05, 0) is 19.1 Å². The molecule has 1 heterocycles. The van der Waals surface area contributed by atoms with Crippen LogP contribution in [0.1, 0.15) is 13.3 Å². The quantitative estimate of drug-likeness (QED) is 0.783. The molecule has 6 nitrogen and oxygen atoms in total. The Kier molecular flexibility index (Phi) is 6.91. The third-order valence-corrected chi connectivity index (χ3v) is 5.03. The SMILES string of the molecule is COC[C@@H](C)N=C1NC(=O)[C@H](CC(=O)Nc2cccc(Cl)c2Cl)S1. The second-order valence-corrected chi connectivity index (χ2v) is 7.16. The minimum absolute atomic E-state index is 0.0109. The van der Waals surface area contributed by atoms with Crippen molar-refractivity contribution in [3.8, 4) is 0 Å². The Hall–Kier alpha value is -1.28. The smallest absolute Gasteiger partial charge is 0.240 e. The molecule has 1 aromatic carbocycles. The van der Waals surface area contributed by atoms with Crippen LogP contribution in [0.2, 0.25) is 10.0 Å². The van der Waals surface area contributed by atoms with Crippen LogP contribution in [0.4, 0.5) is 5.69 Å². The maximum atomic E-state index is 12.1. The number of rotatable bonds is 6. The number of amidine groups is 1. The van der Waals surface area contributed by atoms with Crippen LogP contribution in [0.3, 0.4) is 0 Å². The Bertz CT molecular complexity index is 669. The number of nitrogens with one attached hydrogen (secondary N) is 2. The molecule has 2 atom stereocenters. The molecule has 1 fully saturated rings. The standard InChI is InChI=1S/C15H17Cl2N3O3S/c1-8(7-23-2)18-15-20-14(22)11(24-15)6-12(21)19-10-5-3-4-9(16)13(10)17/h3-5,8,11H,6-7H2,1-2H3,(H,19,21)(H,18,20,22)/t8-,11+/m1/s1. The summed E-state index contributed by atoms with van der Waals surface area (Å²) < 4.78 is 5.00. The van der Waals surface area contributed by atoms with E-state index in [0.29, 0.717) is 22.5 Å². The molecule has 1 aliphatic heterocycles. The zero-order chi connectivity index (χ0) is 17.7. The Morgan fingerprint density at radius 3 is 2.96 bits per heavy atom. The van der Waals surface area contributed by atoms with E-state index < -0.39 is 5.25 Å². The number of carbonyl (C=O) groups excluding carboxylic acids is 2. The third kappa shape index (κ3) is 5.11. The van der Waals surface area contributed by atoms with Gasteiger partial charge in [-0.1, -0.05) is 41.0 Å². The lowest BCUT2D eigenvalue weighted by molar-refractivity contribution is -0.122. The zero-order valence-corrected chi connectivity index (χ0v) is 15.5. The first-order valence-corrected chi connectivity index (χ1v) is 8.82. The van der Waals surface area contributed by atoms with Gasteiger partial charge in [0, 0.05) is 13.5 Å². The van der Waals surface area contributed by atoms with Crippen molar-refractivity contribution in [2.45, 2.75) is 24.6 Å². The Labute approximate surface area is 154 Å². The summed E-state index contributed by atoms with van der Waals surface area (Å²) in [4.78, 5) is 28.4. The molecule has 2 amide bonds. The zero-order valence-electron chi connectivity index (χ0n) is 13.1. The fraction of sp³-hybridized carbons (Fsp3) is 0.400. The van der Waals surface area contributed by atoms with Crippen LogP contribution in [0, 0.1) is 0 Å². The summed E-state index contributed by atoms with van der Waals surface area (Å²) in [6, 6.07) is 4.88. The van der Waals surface area contributed by atoms with Crippen molar-refractivity contribution in [2.75, 3.05) is 19.0 Å². The van der Waals surface area contributed by atoms with E-state index in [1.807, 2.05) is 6.92 Å². The second kappa shape index (κ2) is 8.71. The number of hydrogen-bond donors (Lipinski definition) is 2. The van der Waals surface area contributed by atoms with Crippen LogP contribution in [-0.4, -0.2) is 42.0 Å². The van der Waals surface area contributed by atoms with Gasteiger partial charge in [-0.15, -0.1) is 0 Å². The Morgan fingerprint density at radius 1 is 1.50 bits per heavy atom. The lowest BCUT2D eigenvalue weighted by Gasteiger charge is -2.09. The molecule has 2 rings (SSSR count). The molecule has 0 unspecified atom stereocenters. The van der Waals surface area contributed by atoms with Gasteiger partial charge in [0.2, 0.25) is 11.8 Å². The summed E-state index contributed by atoms with van der Waals surface area (Å²) in [5.74, 6) is -0.561. The number of amides is 2. The summed E-state index contributed by atoms with van der Waals surface area (Å²) in [5, 5.41) is 5.93. The normalized spacial score (nSPS) is 20.1. The van der Waals surface area contributed by atoms with E-state index in [-0.39, 0.29) is 29.3 Å². The van der Waals surface area contributed by atoms with E-state index in [2.05, 4.69) is 15.6 Å². The summed E-state index contributed by atoms with van der Waals surface area (Å²) in [5.41, 5.74) is 0.417. The molecule has 0 radical (unpaired) electrons. The molecule has 0 saturated carbocycles. The maximum Gasteiger partial charge on any atom is 0.240 e. The van der Waals surface area contributed by atoms with Crippen molar-refractivity contribution < 1.29 is 14.3 Å². The maximum absolute atomic E-state index is 12.1. The van der Waals surface area contributed by atoms with E-state index in [1.165, 1.54) is 11.8 Å². The van der Waals surface area contributed by atoms with Gasteiger partial charge in [-0.25, -0.2) is 0 Å². The minimum atomic E-state index is -0.531. The molecular formula is C15H17Cl2N3O3S. The van der Waals surface area contributed by atoms with Gasteiger partial charge in [0.15, 0.2) is 5.17 Å². The van der Waals surface area contributed by atoms with Crippen LogP contribution in [0.25, 0.3) is 0 Å². The molecule has 0 bridgehead atoms. The minimum Gasteiger partial charge on any atom is -0.382 e. The lowest BCUT2D eigenvalue weighted by atomic mass is 10.2. The molecule has 130 valence electrons. The molecule has 0 spiro atoms. The first kappa shape index (κ1) is 19.1. The van der Waals surface area contributed by atoms with Crippen LogP contribution in [-0.2, 0) is 14.3 Å². The number of carbonyl (C=O) groups is 2. The second-order valence-electron chi connectivity index (χ2n) is 5.19. The van der Waals surface area contributed by atoms with Gasteiger partial charge in [0.05, 0.1) is 28.4 Å². The van der Waals surface area contributed by atoms with Crippen LogP contribution in [0.5, 0.6) is 0 Å². The highest BCUT2D eigenvalue weighted by atomic mass is 35.5. The molecule has 1 saturated heterocycles. The van der Waals surface area contributed by atoms with Gasteiger partial charge >= 0.3 is 0 Å². The van der Waals surface area contributed by atoms with E-state index >= 15 is 0 Å². The molecule has 1 aliphatic rings. The molecular weight excluding hydrogens is 373 g/mol. The number of hydrogen-bond acceptors (Lipinski definition) is 5. The first-order valence-electron chi connectivity index (χ1n) is 7.18. The van der Waals surface area contributed by atoms with Gasteiger partial charge in [-0.2, -0.15) is 0 Å². The average Bonchev–Trinajstić information content (AvgIpc) is 2.83. The molecule has 9 heteroatoms. The highest BCUT2D eigenvalue weighted by Gasteiger charge is 2.32. The predicted molar refractivity (Wildman–Crippen MR) is 98.0 cm³/mol. The van der Waals surface area contributed by atoms with Crippen molar-refractivity contribution in [1.82, 2.24) is 5.32 Å². The highest BCUT2D eigenvalue weighted by Crippen LogP contribution is 2.30. The summed E-state index contributed by atoms with van der Waals surface area (Å²) in [7, 11) is 1.59. The van der Waals surface area contributed by atoms with E-state index in [4.69, 9.17) is 27.9 Å². The number of methoxy groups -OCH3 is 1. The average molecular weight is 390 g/mol. The number of anilines is 1. The van der Waals surface area contributed by atoms with Crippen LogP contribution < -0.4 is 10.6 Å². The number of ether oxygens (including phenoxy) is 1. The van der Waals surface area contributed by atoms with Gasteiger partial charge in [0.25, 0.3) is 0 Å². The van der Waals surface area contributed by atoms with Gasteiger partial charge in [0.1, 0.15) is 5.25 Å². The lowest BCUT2D eigenvalue weighted by Crippen LogP contribution is -2.28. The van der Waals surface area contributed by atoms with E-state index in [1.54, 1.807) is 25.3 Å². The van der Waals surface area contributed by atoms with E-state index in [9.17, 15) is 9.59 Å². The fourth-order valence-electron chi connectivity index (χ4n) is 2.05.